The van der Waals surface area contributed by atoms with Crippen LogP contribution >= 0.6 is 0 Å². The molecule has 2 aromatic heterocycles. The van der Waals surface area contributed by atoms with Crippen molar-refractivity contribution in [1.29, 1.82) is 0 Å². The molecule has 0 saturated carbocycles. The van der Waals surface area contributed by atoms with Gasteiger partial charge in [0.15, 0.2) is 5.69 Å². The number of halogens is 3. The van der Waals surface area contributed by atoms with Gasteiger partial charge in [-0.2, -0.15) is 22.7 Å². The predicted octanol–water partition coefficient (Wildman–Crippen LogP) is 8.35. The number of carbonyl (C=O) groups is 1. The second kappa shape index (κ2) is 12.6. The number of rotatable bonds is 9. The van der Waals surface area contributed by atoms with Gasteiger partial charge in [-0.15, -0.1) is 5.10 Å². The summed E-state index contributed by atoms with van der Waals surface area (Å²) >= 11 is 0. The van der Waals surface area contributed by atoms with Gasteiger partial charge in [0.05, 0.1) is 12.3 Å². The third-order valence-corrected chi connectivity index (χ3v) is 6.61. The highest BCUT2D eigenvalue weighted by molar-refractivity contribution is 6.02. The van der Waals surface area contributed by atoms with Gasteiger partial charge in [0.2, 0.25) is 5.82 Å². The second-order valence-corrected chi connectivity index (χ2v) is 10.1. The first kappa shape index (κ1) is 30.1. The number of aromatic nitrogens is 4. The van der Waals surface area contributed by atoms with Crippen LogP contribution in [0.15, 0.2) is 103 Å². The van der Waals surface area contributed by atoms with Gasteiger partial charge in [0.1, 0.15) is 28.7 Å². The third-order valence-electron chi connectivity index (χ3n) is 6.61. The van der Waals surface area contributed by atoms with Crippen LogP contribution in [0.3, 0.4) is 0 Å². The molecule has 1 amide bonds. The summed E-state index contributed by atoms with van der Waals surface area (Å²) < 4.78 is 60.2. The Kier molecular flexibility index (Phi) is 8.25. The monoisotopic (exact) mass is 625 g/mol. The summed E-state index contributed by atoms with van der Waals surface area (Å²) in [5.41, 5.74) is 0.575. The first-order valence-electron chi connectivity index (χ1n) is 14.2. The lowest BCUT2D eigenvalue weighted by Gasteiger charge is -2.13. The van der Waals surface area contributed by atoms with Crippen molar-refractivity contribution in [2.45, 2.75) is 20.0 Å². The van der Waals surface area contributed by atoms with Crippen molar-refractivity contribution in [3.8, 4) is 40.0 Å². The number of anilines is 1. The van der Waals surface area contributed by atoms with Crippen LogP contribution in [-0.4, -0.2) is 32.1 Å². The molecule has 6 aromatic rings. The quantitative estimate of drug-likeness (QED) is 0.172. The van der Waals surface area contributed by atoms with E-state index in [0.717, 1.165) is 11.6 Å². The van der Waals surface area contributed by atoms with E-state index in [0.29, 0.717) is 45.4 Å². The van der Waals surface area contributed by atoms with E-state index >= 15 is 0 Å². The lowest BCUT2D eigenvalue weighted by Crippen LogP contribution is -2.16. The molecule has 2 heterocycles. The summed E-state index contributed by atoms with van der Waals surface area (Å²) in [5.74, 6) is 0.630. The average molecular weight is 626 g/mol. The van der Waals surface area contributed by atoms with Crippen molar-refractivity contribution in [3.05, 3.63) is 120 Å². The number of ether oxygens (including phenoxy) is 3. The molecule has 46 heavy (non-hydrogen) atoms. The largest absolute Gasteiger partial charge is 0.494 e. The number of nitrogens with zero attached hydrogens (tertiary/aromatic N) is 4. The molecule has 0 fully saturated rings. The van der Waals surface area contributed by atoms with Crippen molar-refractivity contribution < 1.29 is 32.2 Å². The minimum absolute atomic E-state index is 0.0388. The summed E-state index contributed by atoms with van der Waals surface area (Å²) in [6.07, 6.45) is -4.79. The Balaban J connectivity index is 1.33. The predicted molar refractivity (Wildman–Crippen MR) is 165 cm³/mol. The van der Waals surface area contributed by atoms with Gasteiger partial charge in [-0.25, -0.2) is 4.98 Å². The molecule has 0 unspecified atom stereocenters. The Morgan fingerprint density at radius 1 is 0.783 bits per heavy atom. The fourth-order valence-corrected chi connectivity index (χ4v) is 4.59. The van der Waals surface area contributed by atoms with Gasteiger partial charge in [0.25, 0.3) is 11.7 Å². The van der Waals surface area contributed by atoms with Gasteiger partial charge in [-0.05, 0) is 61.9 Å². The van der Waals surface area contributed by atoms with Crippen LogP contribution in [0, 0.1) is 6.92 Å². The summed E-state index contributed by atoms with van der Waals surface area (Å²) in [5, 5.41) is 6.51. The summed E-state index contributed by atoms with van der Waals surface area (Å²) in [4.78, 5) is 21.6. The normalized spacial score (nSPS) is 11.3. The van der Waals surface area contributed by atoms with Crippen LogP contribution in [0.1, 0.15) is 28.8 Å². The molecule has 0 saturated heterocycles. The van der Waals surface area contributed by atoms with Crippen LogP contribution < -0.4 is 19.5 Å². The number of benzene rings is 4. The van der Waals surface area contributed by atoms with E-state index < -0.39 is 23.6 Å². The fraction of sp³-hybridized carbons (Fsp3) is 0.118. The topological polar surface area (TPSA) is 99.9 Å². The van der Waals surface area contributed by atoms with Crippen LogP contribution in [0.25, 0.3) is 17.0 Å². The molecule has 0 bridgehead atoms. The maximum absolute atomic E-state index is 14.1. The molecule has 232 valence electrons. The third kappa shape index (κ3) is 6.91. The van der Waals surface area contributed by atoms with Gasteiger partial charge in [-0.1, -0.05) is 42.5 Å². The fourth-order valence-electron chi connectivity index (χ4n) is 4.59. The van der Waals surface area contributed by atoms with E-state index in [9.17, 15) is 18.0 Å². The SMILES string of the molecule is CCOc1ccc(Oc2cc(NC(=O)c3nc4nc(-c5ccccc5)cc(C(F)(F)F)n4n3)cc(Oc3cccc(C)c3)c2)cc1. The molecular formula is C34H26F3N5O4. The Morgan fingerprint density at radius 3 is 2.15 bits per heavy atom. The highest BCUT2D eigenvalue weighted by atomic mass is 19.4. The van der Waals surface area contributed by atoms with Gasteiger partial charge in [-0.3, -0.25) is 4.79 Å². The smallest absolute Gasteiger partial charge is 0.433 e. The highest BCUT2D eigenvalue weighted by Crippen LogP contribution is 2.34. The first-order valence-corrected chi connectivity index (χ1v) is 14.2. The molecule has 4 aromatic carbocycles. The molecule has 0 aliphatic heterocycles. The zero-order valence-electron chi connectivity index (χ0n) is 24.6. The minimum Gasteiger partial charge on any atom is -0.494 e. The number of hydrogen-bond acceptors (Lipinski definition) is 7. The van der Waals surface area contributed by atoms with Gasteiger partial charge >= 0.3 is 6.18 Å². The Morgan fingerprint density at radius 2 is 1.48 bits per heavy atom. The molecule has 12 heteroatoms. The van der Waals surface area contributed by atoms with E-state index in [1.165, 1.54) is 0 Å². The van der Waals surface area contributed by atoms with Crippen molar-refractivity contribution >= 4 is 17.4 Å². The van der Waals surface area contributed by atoms with E-state index in [-0.39, 0.29) is 17.2 Å². The number of amides is 1. The van der Waals surface area contributed by atoms with E-state index in [2.05, 4.69) is 20.4 Å². The van der Waals surface area contributed by atoms with E-state index in [1.807, 2.05) is 32.0 Å². The number of fused-ring (bicyclic) bond motifs is 1. The maximum atomic E-state index is 14.1. The molecule has 6 rings (SSSR count). The van der Waals surface area contributed by atoms with Gasteiger partial charge < -0.3 is 19.5 Å². The lowest BCUT2D eigenvalue weighted by atomic mass is 10.1. The zero-order valence-corrected chi connectivity index (χ0v) is 24.6. The Labute approximate surface area is 261 Å². The number of carbonyl (C=O) groups excluding carboxylic acids is 1. The van der Waals surface area contributed by atoms with Crippen molar-refractivity contribution in [3.63, 3.8) is 0 Å². The molecule has 9 nitrogen and oxygen atoms in total. The molecule has 0 atom stereocenters. The number of nitrogens with one attached hydrogen (secondary N) is 1. The Hall–Kier alpha value is -5.91. The standard InChI is InChI=1S/C34H26F3N5O4/c1-3-44-24-12-14-25(15-13-24)45-27-17-23(18-28(19-27)46-26-11-7-8-21(2)16-26)38-32(43)31-40-33-39-29(22-9-5-4-6-10-22)20-30(34(35,36)37)42(33)41-31/h4-20H,3H2,1-2H3,(H,38,43). The van der Waals surface area contributed by atoms with Crippen LogP contribution in [0.2, 0.25) is 0 Å². The molecule has 0 spiro atoms. The van der Waals surface area contributed by atoms with Crippen LogP contribution in [-0.2, 0) is 6.18 Å². The van der Waals surface area contributed by atoms with Gasteiger partial charge in [0, 0.05) is 29.4 Å². The van der Waals surface area contributed by atoms with Crippen molar-refractivity contribution in [2.75, 3.05) is 11.9 Å². The van der Waals surface area contributed by atoms with Crippen molar-refractivity contribution in [2.24, 2.45) is 0 Å². The van der Waals surface area contributed by atoms with E-state index in [1.54, 1.807) is 78.9 Å². The van der Waals surface area contributed by atoms with Crippen molar-refractivity contribution in [1.82, 2.24) is 19.6 Å². The molecule has 0 radical (unpaired) electrons. The number of aryl methyl sites for hydroxylation is 1. The summed E-state index contributed by atoms with van der Waals surface area (Å²) in [6, 6.07) is 28.3. The second-order valence-electron chi connectivity index (χ2n) is 10.1. The summed E-state index contributed by atoms with van der Waals surface area (Å²) in [6.45, 7) is 4.33. The molecular weight excluding hydrogens is 599 g/mol. The number of alkyl halides is 3. The maximum Gasteiger partial charge on any atom is 0.433 e. The highest BCUT2D eigenvalue weighted by Gasteiger charge is 2.36. The molecule has 1 N–H and O–H groups in total. The summed E-state index contributed by atoms with van der Waals surface area (Å²) in [7, 11) is 0. The first-order chi connectivity index (χ1) is 22.1. The van der Waals surface area contributed by atoms with E-state index in [4.69, 9.17) is 14.2 Å². The molecule has 0 aliphatic rings. The van der Waals surface area contributed by atoms with Crippen LogP contribution in [0.5, 0.6) is 28.7 Å². The average Bonchev–Trinajstić information content (AvgIpc) is 3.46. The zero-order chi connectivity index (χ0) is 32.3. The van der Waals surface area contributed by atoms with Crippen LogP contribution in [0.4, 0.5) is 18.9 Å². The minimum atomic E-state index is -4.79. The number of hydrogen-bond donors (Lipinski definition) is 1. The Bertz CT molecular complexity index is 2010. The lowest BCUT2D eigenvalue weighted by molar-refractivity contribution is -0.142. The molecule has 0 aliphatic carbocycles.